The Labute approximate surface area is 113 Å². The van der Waals surface area contributed by atoms with E-state index in [9.17, 15) is 4.79 Å². The number of benzene rings is 1. The second-order valence-corrected chi connectivity index (χ2v) is 6.20. The van der Waals surface area contributed by atoms with Crippen molar-refractivity contribution in [2.75, 3.05) is 5.32 Å². The standard InChI is InChI=1S/C14H20N2OS/c1-10(15)14(17)16-11-6-8-13(9-7-11)18-12-4-2-3-5-12/h6-10,12H,2-5,15H2,1H3,(H,16,17)/t10-/m0/s1. The van der Waals surface area contributed by atoms with Gasteiger partial charge in [0.1, 0.15) is 0 Å². The number of rotatable bonds is 4. The number of hydrogen-bond donors (Lipinski definition) is 2. The van der Waals surface area contributed by atoms with Gasteiger partial charge in [0.2, 0.25) is 5.91 Å². The molecular formula is C14H20N2OS. The second kappa shape index (κ2) is 6.25. The highest BCUT2D eigenvalue weighted by atomic mass is 32.2. The summed E-state index contributed by atoms with van der Waals surface area (Å²) in [5.74, 6) is -0.147. The SMILES string of the molecule is C[C@H](N)C(=O)Nc1ccc(SC2CCCC2)cc1. The predicted octanol–water partition coefficient (Wildman–Crippen LogP) is 3.01. The van der Waals surface area contributed by atoms with Gasteiger partial charge in [0, 0.05) is 15.8 Å². The zero-order chi connectivity index (χ0) is 13.0. The number of hydrogen-bond acceptors (Lipinski definition) is 3. The molecule has 0 radical (unpaired) electrons. The number of carbonyl (C=O) groups excluding carboxylic acids is 1. The van der Waals surface area contributed by atoms with E-state index in [1.54, 1.807) is 6.92 Å². The van der Waals surface area contributed by atoms with Crippen molar-refractivity contribution < 1.29 is 4.79 Å². The molecule has 18 heavy (non-hydrogen) atoms. The normalized spacial score (nSPS) is 17.7. The molecule has 0 bridgehead atoms. The monoisotopic (exact) mass is 264 g/mol. The zero-order valence-corrected chi connectivity index (χ0v) is 11.5. The summed E-state index contributed by atoms with van der Waals surface area (Å²) in [6.07, 6.45) is 5.38. The molecule has 1 atom stereocenters. The zero-order valence-electron chi connectivity index (χ0n) is 10.7. The fourth-order valence-electron chi connectivity index (χ4n) is 2.07. The second-order valence-electron chi connectivity index (χ2n) is 4.83. The van der Waals surface area contributed by atoms with Crippen LogP contribution in [0, 0.1) is 0 Å². The quantitative estimate of drug-likeness (QED) is 0.879. The molecule has 1 aliphatic carbocycles. The highest BCUT2D eigenvalue weighted by molar-refractivity contribution is 8.00. The lowest BCUT2D eigenvalue weighted by Gasteiger charge is -2.10. The minimum absolute atomic E-state index is 0.147. The molecule has 0 spiro atoms. The summed E-state index contributed by atoms with van der Waals surface area (Å²) in [5, 5.41) is 3.56. The van der Waals surface area contributed by atoms with Crippen LogP contribution in [0.25, 0.3) is 0 Å². The van der Waals surface area contributed by atoms with Crippen molar-refractivity contribution in [1.82, 2.24) is 0 Å². The maximum atomic E-state index is 11.4. The molecule has 1 saturated carbocycles. The summed E-state index contributed by atoms with van der Waals surface area (Å²) in [6, 6.07) is 7.55. The van der Waals surface area contributed by atoms with Crippen LogP contribution in [0.2, 0.25) is 0 Å². The number of thioether (sulfide) groups is 1. The third-order valence-electron chi connectivity index (χ3n) is 3.14. The fourth-order valence-corrected chi connectivity index (χ4v) is 3.32. The van der Waals surface area contributed by atoms with E-state index in [0.717, 1.165) is 10.9 Å². The van der Waals surface area contributed by atoms with Crippen molar-refractivity contribution in [2.45, 2.75) is 48.8 Å². The molecule has 1 aromatic rings. The van der Waals surface area contributed by atoms with E-state index in [0.29, 0.717) is 0 Å². The number of nitrogens with one attached hydrogen (secondary N) is 1. The molecule has 1 aromatic carbocycles. The van der Waals surface area contributed by atoms with E-state index in [1.807, 2.05) is 23.9 Å². The molecule has 1 fully saturated rings. The third kappa shape index (κ3) is 3.75. The maximum absolute atomic E-state index is 11.4. The topological polar surface area (TPSA) is 55.1 Å². The highest BCUT2D eigenvalue weighted by Crippen LogP contribution is 2.34. The minimum atomic E-state index is -0.474. The lowest BCUT2D eigenvalue weighted by molar-refractivity contribution is -0.117. The first-order valence-corrected chi connectivity index (χ1v) is 7.36. The van der Waals surface area contributed by atoms with Crippen LogP contribution in [0.1, 0.15) is 32.6 Å². The van der Waals surface area contributed by atoms with Crippen molar-refractivity contribution in [3.8, 4) is 0 Å². The van der Waals surface area contributed by atoms with Gasteiger partial charge in [-0.2, -0.15) is 0 Å². The molecule has 0 unspecified atom stereocenters. The first kappa shape index (κ1) is 13.4. The Morgan fingerprint density at radius 3 is 2.50 bits per heavy atom. The van der Waals surface area contributed by atoms with Crippen molar-refractivity contribution in [3.05, 3.63) is 24.3 Å². The molecule has 3 nitrogen and oxygen atoms in total. The molecule has 98 valence electrons. The van der Waals surface area contributed by atoms with Crippen molar-refractivity contribution in [3.63, 3.8) is 0 Å². The summed E-state index contributed by atoms with van der Waals surface area (Å²) in [7, 11) is 0. The van der Waals surface area contributed by atoms with Gasteiger partial charge in [-0.1, -0.05) is 12.8 Å². The Hall–Kier alpha value is -1.00. The van der Waals surface area contributed by atoms with E-state index < -0.39 is 6.04 Å². The maximum Gasteiger partial charge on any atom is 0.240 e. The number of anilines is 1. The van der Waals surface area contributed by atoms with Crippen molar-refractivity contribution in [1.29, 1.82) is 0 Å². The van der Waals surface area contributed by atoms with Gasteiger partial charge in [0.05, 0.1) is 6.04 Å². The Morgan fingerprint density at radius 1 is 1.33 bits per heavy atom. The molecule has 1 aliphatic rings. The largest absolute Gasteiger partial charge is 0.325 e. The van der Waals surface area contributed by atoms with Gasteiger partial charge in [0.15, 0.2) is 0 Å². The van der Waals surface area contributed by atoms with Crippen molar-refractivity contribution >= 4 is 23.4 Å². The smallest absolute Gasteiger partial charge is 0.240 e. The fraction of sp³-hybridized carbons (Fsp3) is 0.500. The van der Waals surface area contributed by atoms with E-state index >= 15 is 0 Å². The summed E-state index contributed by atoms with van der Waals surface area (Å²) < 4.78 is 0. The van der Waals surface area contributed by atoms with Crippen LogP contribution in [0.4, 0.5) is 5.69 Å². The lowest BCUT2D eigenvalue weighted by atomic mass is 10.3. The van der Waals surface area contributed by atoms with Crippen LogP contribution < -0.4 is 11.1 Å². The average Bonchev–Trinajstić information content (AvgIpc) is 2.84. The average molecular weight is 264 g/mol. The van der Waals surface area contributed by atoms with Gasteiger partial charge in [-0.3, -0.25) is 4.79 Å². The van der Waals surface area contributed by atoms with Gasteiger partial charge < -0.3 is 11.1 Å². The number of nitrogens with two attached hydrogens (primary N) is 1. The first-order chi connectivity index (χ1) is 8.65. The van der Waals surface area contributed by atoms with E-state index in [2.05, 4.69) is 17.4 Å². The minimum Gasteiger partial charge on any atom is -0.325 e. The van der Waals surface area contributed by atoms with Crippen molar-refractivity contribution in [2.24, 2.45) is 5.73 Å². The van der Waals surface area contributed by atoms with Crippen LogP contribution in [0.3, 0.4) is 0 Å². The van der Waals surface area contributed by atoms with Crippen LogP contribution in [-0.2, 0) is 4.79 Å². The van der Waals surface area contributed by atoms with Gasteiger partial charge in [-0.05, 0) is 44.0 Å². The molecule has 3 N–H and O–H groups in total. The van der Waals surface area contributed by atoms with Crippen LogP contribution in [-0.4, -0.2) is 17.2 Å². The Kier molecular flexibility index (Phi) is 4.66. The van der Waals surface area contributed by atoms with E-state index in [-0.39, 0.29) is 5.91 Å². The predicted molar refractivity (Wildman–Crippen MR) is 76.8 cm³/mol. The number of amides is 1. The molecule has 1 amide bonds. The van der Waals surface area contributed by atoms with E-state index in [4.69, 9.17) is 5.73 Å². The van der Waals surface area contributed by atoms with Gasteiger partial charge >= 0.3 is 0 Å². The Balaban J connectivity index is 1.90. The Morgan fingerprint density at radius 2 is 1.94 bits per heavy atom. The molecule has 0 heterocycles. The van der Waals surface area contributed by atoms with Crippen LogP contribution in [0.15, 0.2) is 29.2 Å². The molecule has 0 aliphatic heterocycles. The van der Waals surface area contributed by atoms with E-state index in [1.165, 1.54) is 30.6 Å². The number of carbonyl (C=O) groups is 1. The lowest BCUT2D eigenvalue weighted by Crippen LogP contribution is -2.32. The summed E-state index contributed by atoms with van der Waals surface area (Å²) in [6.45, 7) is 1.68. The molecule has 4 heteroatoms. The van der Waals surface area contributed by atoms with Gasteiger partial charge in [-0.25, -0.2) is 0 Å². The molecule has 0 aromatic heterocycles. The first-order valence-electron chi connectivity index (χ1n) is 6.48. The van der Waals surface area contributed by atoms with Gasteiger partial charge in [-0.15, -0.1) is 11.8 Å². The molecule has 0 saturated heterocycles. The summed E-state index contributed by atoms with van der Waals surface area (Å²) >= 11 is 1.95. The highest BCUT2D eigenvalue weighted by Gasteiger charge is 2.16. The third-order valence-corrected chi connectivity index (χ3v) is 4.49. The van der Waals surface area contributed by atoms with Crippen LogP contribution >= 0.6 is 11.8 Å². The summed E-state index contributed by atoms with van der Waals surface area (Å²) in [5.41, 5.74) is 6.32. The van der Waals surface area contributed by atoms with Crippen LogP contribution in [0.5, 0.6) is 0 Å². The Bertz CT molecular complexity index is 397. The molecule has 2 rings (SSSR count). The van der Waals surface area contributed by atoms with Gasteiger partial charge in [0.25, 0.3) is 0 Å². The summed E-state index contributed by atoms with van der Waals surface area (Å²) in [4.78, 5) is 12.7. The molecular weight excluding hydrogens is 244 g/mol.